The molecule has 0 saturated carbocycles. The van der Waals surface area contributed by atoms with Crippen LogP contribution in [0.1, 0.15) is 63.7 Å². The summed E-state index contributed by atoms with van der Waals surface area (Å²) in [4.78, 5) is 15.2. The third kappa shape index (κ3) is 5.09. The highest BCUT2D eigenvalue weighted by atomic mass is 35.5. The largest absolute Gasteiger partial charge is 0.383 e. The Morgan fingerprint density at radius 3 is 2.22 bits per heavy atom. The second kappa shape index (κ2) is 11.1. The van der Waals surface area contributed by atoms with Crippen LogP contribution in [0.15, 0.2) is 42.7 Å². The number of nitrogens with zero attached hydrogens (tertiary/aromatic N) is 3. The van der Waals surface area contributed by atoms with E-state index in [4.69, 9.17) is 23.2 Å². The zero-order valence-electron chi connectivity index (χ0n) is 22.5. The highest BCUT2D eigenvalue weighted by Crippen LogP contribution is 2.44. The monoisotopic (exact) mass is 574 g/mol. The number of benzene rings is 1. The molecule has 5 nitrogen and oxygen atoms in total. The van der Waals surface area contributed by atoms with Gasteiger partial charge in [0.2, 0.25) is 0 Å². The Bertz CT molecular complexity index is 1340. The molecule has 0 amide bonds. The van der Waals surface area contributed by atoms with Crippen molar-refractivity contribution in [3.63, 3.8) is 0 Å². The van der Waals surface area contributed by atoms with Crippen LogP contribution >= 0.6 is 34.5 Å². The summed E-state index contributed by atoms with van der Waals surface area (Å²) in [5.74, 6) is 0. The lowest BCUT2D eigenvalue weighted by Crippen LogP contribution is -2.56. The molecule has 2 N–H and O–H groups in total. The number of hydrogen-bond donors (Lipinski definition) is 2. The molecule has 1 atom stereocenters. The Morgan fingerprint density at radius 2 is 1.62 bits per heavy atom. The van der Waals surface area contributed by atoms with Gasteiger partial charge in [-0.25, -0.2) is 9.97 Å². The van der Waals surface area contributed by atoms with E-state index < -0.39 is 14.2 Å². The number of thiazole rings is 1. The first-order valence-corrected chi connectivity index (χ1v) is 16.5. The van der Waals surface area contributed by atoms with E-state index in [1.807, 2.05) is 48.6 Å². The first-order valence-electron chi connectivity index (χ1n) is 12.7. The Hall–Kier alpha value is -1.90. The normalized spacial score (nSPS) is 13.3. The number of aliphatic hydroxyl groups is 1. The maximum atomic E-state index is 11.7. The number of pyridine rings is 1. The van der Waals surface area contributed by atoms with Crippen molar-refractivity contribution in [2.45, 2.75) is 70.8 Å². The van der Waals surface area contributed by atoms with Crippen LogP contribution in [0.5, 0.6) is 0 Å². The standard InChI is InChI=1S/C28H36Cl2N4OSSi/c1-16(2)37(17(3)4,18(5)6)22-12-13-31-27-23(22)21(14-32-27)24(35)25-26(30)33-28(36-25)34(7)15-19-8-10-20(29)11-9-19/h8-14,16-18,24,35H,15H2,1-7H3,(H,31,32). The van der Waals surface area contributed by atoms with Crippen LogP contribution in [0, 0.1) is 0 Å². The minimum Gasteiger partial charge on any atom is -0.383 e. The number of halogens is 2. The third-order valence-electron chi connectivity index (χ3n) is 7.74. The molecule has 0 bridgehead atoms. The van der Waals surface area contributed by atoms with Gasteiger partial charge in [0.05, 0.1) is 13.0 Å². The number of aliphatic hydroxyl groups excluding tert-OH is 1. The number of aromatic nitrogens is 3. The summed E-state index contributed by atoms with van der Waals surface area (Å²) in [6.45, 7) is 14.8. The predicted molar refractivity (Wildman–Crippen MR) is 162 cm³/mol. The number of fused-ring (bicyclic) bond motifs is 1. The van der Waals surface area contributed by atoms with Gasteiger partial charge in [0, 0.05) is 42.0 Å². The van der Waals surface area contributed by atoms with Crippen LogP contribution in [0.3, 0.4) is 0 Å². The van der Waals surface area contributed by atoms with Gasteiger partial charge in [-0.1, -0.05) is 88.2 Å². The fourth-order valence-corrected chi connectivity index (χ4v) is 14.6. The highest BCUT2D eigenvalue weighted by Gasteiger charge is 2.46. The van der Waals surface area contributed by atoms with E-state index in [2.05, 4.69) is 62.6 Å². The van der Waals surface area contributed by atoms with Gasteiger partial charge >= 0.3 is 0 Å². The lowest BCUT2D eigenvalue weighted by atomic mass is 10.1. The topological polar surface area (TPSA) is 65.0 Å². The number of nitrogens with one attached hydrogen (secondary N) is 1. The lowest BCUT2D eigenvalue weighted by molar-refractivity contribution is 0.225. The molecule has 0 saturated heterocycles. The Labute approximate surface area is 234 Å². The summed E-state index contributed by atoms with van der Waals surface area (Å²) in [5.41, 5.74) is 4.32. The van der Waals surface area contributed by atoms with E-state index in [1.54, 1.807) is 0 Å². The summed E-state index contributed by atoms with van der Waals surface area (Å²) in [5, 5.41) is 15.9. The van der Waals surface area contributed by atoms with E-state index in [0.717, 1.165) is 27.3 Å². The van der Waals surface area contributed by atoms with E-state index in [9.17, 15) is 5.11 Å². The third-order valence-corrected chi connectivity index (χ3v) is 16.7. The molecule has 0 aliphatic rings. The molecule has 4 aromatic rings. The van der Waals surface area contributed by atoms with Crippen molar-refractivity contribution in [3.05, 3.63) is 68.9 Å². The second-order valence-corrected chi connectivity index (χ2v) is 18.4. The Kier molecular flexibility index (Phi) is 8.41. The van der Waals surface area contributed by atoms with E-state index in [0.29, 0.717) is 38.2 Å². The van der Waals surface area contributed by atoms with Gasteiger partial charge in [-0.15, -0.1) is 0 Å². The SMILES string of the molecule is CC(C)[Si](c1ccnc2[nH]cc(C(O)c3sc(N(C)Cc4ccc(Cl)cc4)nc3Cl)c12)(C(C)C)C(C)C. The summed E-state index contributed by atoms with van der Waals surface area (Å²) < 4.78 is 0. The van der Waals surface area contributed by atoms with E-state index in [-0.39, 0.29) is 0 Å². The maximum absolute atomic E-state index is 11.7. The molecule has 1 unspecified atom stereocenters. The summed E-state index contributed by atoms with van der Waals surface area (Å²) in [6.07, 6.45) is 2.89. The summed E-state index contributed by atoms with van der Waals surface area (Å²) in [7, 11) is -0.0439. The minimum absolute atomic E-state index is 0.329. The lowest BCUT2D eigenvalue weighted by Gasteiger charge is -2.44. The molecule has 4 rings (SSSR count). The molecule has 0 aliphatic carbocycles. The number of aromatic amines is 1. The first kappa shape index (κ1) is 28.1. The molecule has 9 heteroatoms. The summed E-state index contributed by atoms with van der Waals surface area (Å²) in [6, 6.07) is 9.95. The molecule has 0 aliphatic heterocycles. The van der Waals surface area contributed by atoms with Gasteiger partial charge in [-0.05, 0) is 45.6 Å². The van der Waals surface area contributed by atoms with Crippen molar-refractivity contribution in [3.8, 4) is 0 Å². The zero-order chi connectivity index (χ0) is 27.1. The van der Waals surface area contributed by atoms with E-state index >= 15 is 0 Å². The smallest absolute Gasteiger partial charge is 0.187 e. The van der Waals surface area contributed by atoms with Gasteiger partial charge in [-0.3, -0.25) is 0 Å². The van der Waals surface area contributed by atoms with Crippen LogP contribution in [0.25, 0.3) is 11.0 Å². The van der Waals surface area contributed by atoms with Crippen molar-refractivity contribution in [2.75, 3.05) is 11.9 Å². The maximum Gasteiger partial charge on any atom is 0.187 e. The molecule has 3 heterocycles. The Morgan fingerprint density at radius 1 is 1.00 bits per heavy atom. The van der Waals surface area contributed by atoms with Crippen molar-refractivity contribution < 1.29 is 5.11 Å². The van der Waals surface area contributed by atoms with Gasteiger partial charge in [-0.2, -0.15) is 0 Å². The number of rotatable bonds is 9. The molecule has 0 fully saturated rings. The van der Waals surface area contributed by atoms with Crippen molar-refractivity contribution in [1.29, 1.82) is 0 Å². The average molecular weight is 576 g/mol. The van der Waals surface area contributed by atoms with Crippen molar-refractivity contribution in [1.82, 2.24) is 15.0 Å². The quantitative estimate of drug-likeness (QED) is 0.199. The molecule has 198 valence electrons. The average Bonchev–Trinajstić information content (AvgIpc) is 3.44. The molecule has 3 aromatic heterocycles. The van der Waals surface area contributed by atoms with E-state index in [1.165, 1.54) is 16.5 Å². The fourth-order valence-electron chi connectivity index (χ4n) is 6.30. The van der Waals surface area contributed by atoms with Crippen LogP contribution < -0.4 is 10.1 Å². The fraction of sp³-hybridized carbons (Fsp3) is 0.429. The number of H-pyrrole nitrogens is 1. The van der Waals surface area contributed by atoms with Crippen LogP contribution in [0.2, 0.25) is 26.8 Å². The second-order valence-electron chi connectivity index (χ2n) is 10.8. The molecule has 37 heavy (non-hydrogen) atoms. The predicted octanol–water partition coefficient (Wildman–Crippen LogP) is 7.93. The molecule has 0 radical (unpaired) electrons. The Balaban J connectivity index is 1.76. The van der Waals surface area contributed by atoms with Gasteiger partial charge in [0.25, 0.3) is 0 Å². The van der Waals surface area contributed by atoms with Gasteiger partial charge in [0.15, 0.2) is 5.13 Å². The molecule has 0 spiro atoms. The van der Waals surface area contributed by atoms with Gasteiger partial charge < -0.3 is 15.0 Å². The molecular weight excluding hydrogens is 539 g/mol. The first-order chi connectivity index (χ1) is 17.5. The molecular formula is C28H36Cl2N4OSSi. The van der Waals surface area contributed by atoms with Crippen molar-refractivity contribution >= 4 is 64.0 Å². The van der Waals surface area contributed by atoms with Crippen LogP contribution in [0.4, 0.5) is 5.13 Å². The van der Waals surface area contributed by atoms with Gasteiger partial charge in [0.1, 0.15) is 16.9 Å². The minimum atomic E-state index is -2.02. The highest BCUT2D eigenvalue weighted by molar-refractivity contribution is 7.16. The van der Waals surface area contributed by atoms with Crippen LogP contribution in [-0.2, 0) is 6.54 Å². The van der Waals surface area contributed by atoms with Crippen LogP contribution in [-0.4, -0.2) is 35.2 Å². The summed E-state index contributed by atoms with van der Waals surface area (Å²) >= 11 is 14.1. The number of hydrogen-bond acceptors (Lipinski definition) is 5. The number of anilines is 1. The molecule has 1 aromatic carbocycles. The zero-order valence-corrected chi connectivity index (χ0v) is 25.8. The van der Waals surface area contributed by atoms with Crippen molar-refractivity contribution in [2.24, 2.45) is 0 Å².